The third-order valence-electron chi connectivity index (χ3n) is 3.08. The van der Waals surface area contributed by atoms with Gasteiger partial charge in [0, 0.05) is 18.4 Å². The molecule has 1 aliphatic carbocycles. The van der Waals surface area contributed by atoms with Gasteiger partial charge in [-0.3, -0.25) is 4.79 Å². The number of rotatable bonds is 2. The quantitative estimate of drug-likeness (QED) is 0.759. The number of methoxy groups -OCH3 is 1. The average Bonchev–Trinajstić information content (AvgIpc) is 2.24. The summed E-state index contributed by atoms with van der Waals surface area (Å²) < 4.78 is 5.28. The zero-order valence-electron chi connectivity index (χ0n) is 9.41. The zero-order valence-corrected chi connectivity index (χ0v) is 9.41. The summed E-state index contributed by atoms with van der Waals surface area (Å²) in [7, 11) is 1.59. The molecule has 0 heterocycles. The number of benzene rings is 1. The maximum absolute atomic E-state index is 11.1. The van der Waals surface area contributed by atoms with Gasteiger partial charge in [-0.05, 0) is 18.6 Å². The molecule has 0 unspecified atom stereocenters. The van der Waals surface area contributed by atoms with Crippen LogP contribution >= 0.6 is 0 Å². The van der Waals surface area contributed by atoms with Crippen molar-refractivity contribution in [1.29, 1.82) is 5.26 Å². The first-order chi connectivity index (χ1) is 7.61. The molecule has 3 heteroatoms. The molecule has 16 heavy (non-hydrogen) atoms. The summed E-state index contributed by atoms with van der Waals surface area (Å²) >= 11 is 0. The molecular formula is C13H13NO2. The molecule has 1 saturated carbocycles. The Morgan fingerprint density at radius 2 is 2.12 bits per heavy atom. The van der Waals surface area contributed by atoms with Gasteiger partial charge in [0.05, 0.1) is 18.6 Å². The Hall–Kier alpha value is -1.82. The SMILES string of the molecule is COc1cc(C)ccc1C1(C#N)CC(=O)C1. The smallest absolute Gasteiger partial charge is 0.136 e. The maximum atomic E-state index is 11.1. The summed E-state index contributed by atoms with van der Waals surface area (Å²) in [6, 6.07) is 7.99. The van der Waals surface area contributed by atoms with Crippen LogP contribution in [0.4, 0.5) is 0 Å². The van der Waals surface area contributed by atoms with E-state index in [0.717, 1.165) is 11.1 Å². The summed E-state index contributed by atoms with van der Waals surface area (Å²) in [6.07, 6.45) is 0.617. The first-order valence-electron chi connectivity index (χ1n) is 5.19. The summed E-state index contributed by atoms with van der Waals surface area (Å²) in [6.45, 7) is 1.97. The second-order valence-corrected chi connectivity index (χ2v) is 4.29. The van der Waals surface area contributed by atoms with Crippen molar-refractivity contribution in [2.24, 2.45) is 0 Å². The van der Waals surface area contributed by atoms with Gasteiger partial charge in [-0.25, -0.2) is 0 Å². The Labute approximate surface area is 94.6 Å². The summed E-state index contributed by atoms with van der Waals surface area (Å²) in [5, 5.41) is 9.24. The Kier molecular flexibility index (Phi) is 2.43. The van der Waals surface area contributed by atoms with Gasteiger partial charge in [0.25, 0.3) is 0 Å². The van der Waals surface area contributed by atoms with Gasteiger partial charge in [-0.15, -0.1) is 0 Å². The molecule has 0 aromatic heterocycles. The van der Waals surface area contributed by atoms with Crippen LogP contribution in [0.1, 0.15) is 24.0 Å². The lowest BCUT2D eigenvalue weighted by Crippen LogP contribution is -2.40. The first kappa shape index (κ1) is 10.7. The van der Waals surface area contributed by atoms with Gasteiger partial charge in [0.1, 0.15) is 11.5 Å². The third-order valence-corrected chi connectivity index (χ3v) is 3.08. The molecule has 1 aromatic carbocycles. The van der Waals surface area contributed by atoms with E-state index in [9.17, 15) is 10.1 Å². The predicted octanol–water partition coefficient (Wildman–Crippen LogP) is 2.13. The van der Waals surface area contributed by atoms with E-state index in [1.807, 2.05) is 25.1 Å². The highest BCUT2D eigenvalue weighted by Crippen LogP contribution is 2.44. The van der Waals surface area contributed by atoms with E-state index in [1.165, 1.54) is 0 Å². The van der Waals surface area contributed by atoms with Gasteiger partial charge in [0.15, 0.2) is 0 Å². The third kappa shape index (κ3) is 1.47. The molecule has 0 amide bonds. The van der Waals surface area contributed by atoms with Crippen LogP contribution in [0.25, 0.3) is 0 Å². The van der Waals surface area contributed by atoms with Gasteiger partial charge in [-0.1, -0.05) is 12.1 Å². The highest BCUT2D eigenvalue weighted by atomic mass is 16.5. The summed E-state index contributed by atoms with van der Waals surface area (Å²) in [5.41, 5.74) is 1.26. The Morgan fingerprint density at radius 1 is 1.44 bits per heavy atom. The Balaban J connectivity index is 2.48. The molecule has 0 radical (unpaired) electrons. The van der Waals surface area contributed by atoms with Crippen molar-refractivity contribution in [3.63, 3.8) is 0 Å². The van der Waals surface area contributed by atoms with Crippen molar-refractivity contribution in [1.82, 2.24) is 0 Å². The summed E-state index contributed by atoms with van der Waals surface area (Å²) in [4.78, 5) is 11.1. The van der Waals surface area contributed by atoms with E-state index in [-0.39, 0.29) is 5.78 Å². The largest absolute Gasteiger partial charge is 0.496 e. The molecule has 1 aliphatic rings. The van der Waals surface area contributed by atoms with Crippen molar-refractivity contribution in [2.75, 3.05) is 7.11 Å². The zero-order chi connectivity index (χ0) is 11.8. The van der Waals surface area contributed by atoms with E-state index < -0.39 is 5.41 Å². The highest BCUT2D eigenvalue weighted by molar-refractivity contribution is 5.90. The van der Waals surface area contributed by atoms with Crippen molar-refractivity contribution >= 4 is 5.78 Å². The molecule has 0 atom stereocenters. The number of hydrogen-bond acceptors (Lipinski definition) is 3. The van der Waals surface area contributed by atoms with Gasteiger partial charge in [0.2, 0.25) is 0 Å². The average molecular weight is 215 g/mol. The van der Waals surface area contributed by atoms with Crippen LogP contribution in [0.15, 0.2) is 18.2 Å². The fourth-order valence-corrected chi connectivity index (χ4v) is 2.14. The lowest BCUT2D eigenvalue weighted by Gasteiger charge is -2.35. The van der Waals surface area contributed by atoms with Gasteiger partial charge in [-0.2, -0.15) is 5.26 Å². The van der Waals surface area contributed by atoms with Crippen LogP contribution in [-0.4, -0.2) is 12.9 Å². The number of Topliss-reactive ketones (excluding diaryl/α,β-unsaturated/α-hetero) is 1. The van der Waals surface area contributed by atoms with E-state index in [1.54, 1.807) is 7.11 Å². The predicted molar refractivity (Wildman–Crippen MR) is 59.3 cm³/mol. The van der Waals surface area contributed by atoms with E-state index in [0.29, 0.717) is 18.6 Å². The monoisotopic (exact) mass is 215 g/mol. The van der Waals surface area contributed by atoms with Crippen LogP contribution in [0, 0.1) is 18.3 Å². The number of hydrogen-bond donors (Lipinski definition) is 0. The van der Waals surface area contributed by atoms with Crippen molar-refractivity contribution in [3.05, 3.63) is 29.3 Å². The van der Waals surface area contributed by atoms with Crippen LogP contribution in [0.2, 0.25) is 0 Å². The van der Waals surface area contributed by atoms with Crippen molar-refractivity contribution in [3.8, 4) is 11.8 Å². The van der Waals surface area contributed by atoms with E-state index in [2.05, 4.69) is 6.07 Å². The van der Waals surface area contributed by atoms with Gasteiger partial charge >= 0.3 is 0 Å². The number of carbonyl (C=O) groups is 1. The number of nitrogens with zero attached hydrogens (tertiary/aromatic N) is 1. The molecule has 0 aliphatic heterocycles. The molecule has 1 aromatic rings. The molecule has 0 saturated heterocycles. The highest BCUT2D eigenvalue weighted by Gasteiger charge is 2.47. The number of ketones is 1. The van der Waals surface area contributed by atoms with Crippen LogP contribution in [-0.2, 0) is 10.2 Å². The second kappa shape index (κ2) is 3.64. The fourth-order valence-electron chi connectivity index (χ4n) is 2.14. The molecular weight excluding hydrogens is 202 g/mol. The van der Waals surface area contributed by atoms with Crippen LogP contribution in [0.5, 0.6) is 5.75 Å². The normalized spacial score (nSPS) is 17.4. The summed E-state index contributed by atoms with van der Waals surface area (Å²) in [5.74, 6) is 0.846. The second-order valence-electron chi connectivity index (χ2n) is 4.29. The Morgan fingerprint density at radius 3 is 2.62 bits per heavy atom. The fraction of sp³-hybridized carbons (Fsp3) is 0.385. The minimum atomic E-state index is -0.657. The van der Waals surface area contributed by atoms with Crippen molar-refractivity contribution < 1.29 is 9.53 Å². The molecule has 3 nitrogen and oxygen atoms in total. The Bertz CT molecular complexity index is 477. The number of ether oxygens (including phenoxy) is 1. The minimum absolute atomic E-state index is 0.143. The molecule has 82 valence electrons. The molecule has 2 rings (SSSR count). The lowest BCUT2D eigenvalue weighted by atomic mass is 9.64. The van der Waals surface area contributed by atoms with Gasteiger partial charge < -0.3 is 4.74 Å². The standard InChI is InChI=1S/C13H13NO2/c1-9-3-4-11(12(5-9)16-2)13(8-14)6-10(15)7-13/h3-5H,6-7H2,1-2H3. The minimum Gasteiger partial charge on any atom is -0.496 e. The lowest BCUT2D eigenvalue weighted by molar-refractivity contribution is -0.126. The van der Waals surface area contributed by atoms with Crippen molar-refractivity contribution in [2.45, 2.75) is 25.2 Å². The molecule has 0 N–H and O–H groups in total. The topological polar surface area (TPSA) is 50.1 Å². The number of carbonyl (C=O) groups excluding carboxylic acids is 1. The molecule has 0 bridgehead atoms. The number of aryl methyl sites for hydroxylation is 1. The van der Waals surface area contributed by atoms with E-state index in [4.69, 9.17) is 4.74 Å². The van der Waals surface area contributed by atoms with Crippen LogP contribution in [0.3, 0.4) is 0 Å². The molecule has 0 spiro atoms. The molecule has 1 fully saturated rings. The first-order valence-corrected chi connectivity index (χ1v) is 5.19. The maximum Gasteiger partial charge on any atom is 0.136 e. The van der Waals surface area contributed by atoms with E-state index >= 15 is 0 Å². The van der Waals surface area contributed by atoms with Crippen LogP contribution < -0.4 is 4.74 Å². The number of nitriles is 1.